The Bertz CT molecular complexity index is 280. The molecule has 0 saturated heterocycles. The van der Waals surface area contributed by atoms with Gasteiger partial charge in [-0.25, -0.2) is 0 Å². The van der Waals surface area contributed by atoms with Gasteiger partial charge in [-0.05, 0) is 5.21 Å². The number of carbonyl (C=O) groups excluding carboxylic acids is 1. The Labute approximate surface area is 69.5 Å². The lowest BCUT2D eigenvalue weighted by Crippen LogP contribution is -2.21. The lowest BCUT2D eigenvalue weighted by atomic mass is 10.4. The van der Waals surface area contributed by atoms with E-state index in [-0.39, 0.29) is 5.95 Å². The number of amides is 1. The van der Waals surface area contributed by atoms with Gasteiger partial charge in [0.15, 0.2) is 0 Å². The molecule has 1 aromatic rings. The van der Waals surface area contributed by atoms with Crippen LogP contribution in [-0.4, -0.2) is 32.7 Å². The normalized spacial score (nSPS) is 11.3. The fourth-order valence-corrected chi connectivity index (χ4v) is 0.566. The zero-order valence-corrected chi connectivity index (χ0v) is 6.09. The molecule has 0 aliphatic rings. The first-order valence-corrected chi connectivity index (χ1v) is 3.07. The van der Waals surface area contributed by atoms with E-state index in [4.69, 9.17) is 0 Å². The molecule has 1 heterocycles. The smallest absolute Gasteiger partial charge is 0.292 e. The lowest BCUT2D eigenvalue weighted by molar-refractivity contribution is -0.150. The Morgan fingerprint density at radius 3 is 2.69 bits per heavy atom. The van der Waals surface area contributed by atoms with Crippen LogP contribution in [0.4, 0.5) is 19.1 Å². The minimum Gasteiger partial charge on any atom is -0.292 e. The van der Waals surface area contributed by atoms with Gasteiger partial charge < -0.3 is 0 Å². The Morgan fingerprint density at radius 1 is 1.54 bits per heavy atom. The van der Waals surface area contributed by atoms with E-state index in [2.05, 4.69) is 15.4 Å². The number of hydrogen-bond donors (Lipinski definition) is 2. The van der Waals surface area contributed by atoms with E-state index >= 15 is 0 Å². The summed E-state index contributed by atoms with van der Waals surface area (Å²) in [6.07, 6.45) is -6.10. The maximum absolute atomic E-state index is 11.6. The molecule has 2 N–H and O–H groups in total. The molecule has 0 saturated carbocycles. The zero-order valence-electron chi connectivity index (χ0n) is 6.09. The predicted octanol–water partition coefficient (Wildman–Crippen LogP) is 0.0906. The Kier molecular flexibility index (Phi) is 2.44. The van der Waals surface area contributed by atoms with Crippen LogP contribution in [-0.2, 0) is 4.79 Å². The maximum atomic E-state index is 11.6. The minimum absolute atomic E-state index is 0.283. The largest absolute Gasteiger partial charge is 0.397 e. The number of nitrogens with one attached hydrogen (secondary N) is 2. The molecular formula is C4H4F3N5O. The minimum atomic E-state index is -4.53. The molecule has 0 aliphatic heterocycles. The van der Waals surface area contributed by atoms with Crippen molar-refractivity contribution in [2.75, 3.05) is 5.32 Å². The quantitative estimate of drug-likeness (QED) is 0.700. The number of tetrazole rings is 1. The predicted molar refractivity (Wildman–Crippen MR) is 33.5 cm³/mol. The van der Waals surface area contributed by atoms with Crippen LogP contribution in [0.25, 0.3) is 0 Å². The Balaban J connectivity index is 2.43. The molecule has 1 amide bonds. The van der Waals surface area contributed by atoms with Crippen LogP contribution < -0.4 is 5.32 Å². The van der Waals surface area contributed by atoms with Crippen molar-refractivity contribution in [2.45, 2.75) is 12.6 Å². The van der Waals surface area contributed by atoms with Crippen molar-refractivity contribution in [1.82, 2.24) is 20.6 Å². The number of halogens is 3. The van der Waals surface area contributed by atoms with E-state index in [1.165, 1.54) is 0 Å². The molecule has 13 heavy (non-hydrogen) atoms. The first-order valence-electron chi connectivity index (χ1n) is 3.07. The van der Waals surface area contributed by atoms with Gasteiger partial charge in [0.1, 0.15) is 6.42 Å². The topological polar surface area (TPSA) is 83.6 Å². The van der Waals surface area contributed by atoms with Crippen molar-refractivity contribution in [2.24, 2.45) is 0 Å². The molecule has 0 spiro atoms. The van der Waals surface area contributed by atoms with Crippen LogP contribution in [0.5, 0.6) is 0 Å². The zero-order chi connectivity index (χ0) is 9.90. The van der Waals surface area contributed by atoms with Crippen LogP contribution in [0.1, 0.15) is 6.42 Å². The molecule has 0 fully saturated rings. The second kappa shape index (κ2) is 3.37. The summed E-state index contributed by atoms with van der Waals surface area (Å²) in [6.45, 7) is 0. The molecule has 0 bridgehead atoms. The fourth-order valence-electron chi connectivity index (χ4n) is 0.566. The fraction of sp³-hybridized carbons (Fsp3) is 0.500. The number of aromatic nitrogens is 4. The van der Waals surface area contributed by atoms with Crippen LogP contribution in [0.3, 0.4) is 0 Å². The molecule has 9 heteroatoms. The van der Waals surface area contributed by atoms with Crippen LogP contribution >= 0.6 is 0 Å². The summed E-state index contributed by atoms with van der Waals surface area (Å²) in [4.78, 5) is 10.6. The number of alkyl halides is 3. The standard InChI is InChI=1S/C4H4F3N5O/c5-4(6,7)1-2(13)8-3-9-11-12-10-3/h1H2,(H2,8,9,10,11,12,13). The van der Waals surface area contributed by atoms with Crippen molar-refractivity contribution >= 4 is 11.9 Å². The Morgan fingerprint density at radius 2 is 2.23 bits per heavy atom. The number of carbonyl (C=O) groups is 1. The Hall–Kier alpha value is -1.67. The summed E-state index contributed by atoms with van der Waals surface area (Å²) in [5.74, 6) is -1.51. The molecule has 0 unspecified atom stereocenters. The van der Waals surface area contributed by atoms with Crippen molar-refractivity contribution < 1.29 is 18.0 Å². The van der Waals surface area contributed by atoms with Gasteiger partial charge in [-0.3, -0.25) is 10.1 Å². The number of anilines is 1. The van der Waals surface area contributed by atoms with Crippen molar-refractivity contribution in [3.8, 4) is 0 Å². The molecule has 6 nitrogen and oxygen atoms in total. The second-order valence-electron chi connectivity index (χ2n) is 2.08. The third kappa shape index (κ3) is 3.49. The monoisotopic (exact) mass is 195 g/mol. The van der Waals surface area contributed by atoms with E-state index < -0.39 is 18.5 Å². The van der Waals surface area contributed by atoms with Gasteiger partial charge in [0.2, 0.25) is 5.91 Å². The average Bonchev–Trinajstić information content (AvgIpc) is 2.34. The first kappa shape index (κ1) is 9.42. The average molecular weight is 195 g/mol. The van der Waals surface area contributed by atoms with Gasteiger partial charge in [-0.1, -0.05) is 5.10 Å². The third-order valence-corrected chi connectivity index (χ3v) is 0.958. The van der Waals surface area contributed by atoms with Gasteiger partial charge in [-0.15, -0.1) is 5.10 Å². The molecule has 0 atom stereocenters. The lowest BCUT2D eigenvalue weighted by Gasteiger charge is -2.03. The van der Waals surface area contributed by atoms with E-state index in [9.17, 15) is 18.0 Å². The highest BCUT2D eigenvalue weighted by Gasteiger charge is 2.31. The molecule has 72 valence electrons. The summed E-state index contributed by atoms with van der Waals surface area (Å²) in [7, 11) is 0. The van der Waals surface area contributed by atoms with Gasteiger partial charge in [0.05, 0.1) is 0 Å². The molecule has 1 aromatic heterocycles. The number of hydrogen-bond acceptors (Lipinski definition) is 4. The summed E-state index contributed by atoms with van der Waals surface area (Å²) >= 11 is 0. The second-order valence-corrected chi connectivity index (χ2v) is 2.08. The van der Waals surface area contributed by atoms with Crippen LogP contribution in [0.2, 0.25) is 0 Å². The van der Waals surface area contributed by atoms with Crippen LogP contribution in [0, 0.1) is 0 Å². The van der Waals surface area contributed by atoms with Gasteiger partial charge >= 0.3 is 6.18 Å². The van der Waals surface area contributed by atoms with Gasteiger partial charge in [0, 0.05) is 0 Å². The molecular weight excluding hydrogens is 191 g/mol. The molecule has 1 rings (SSSR count). The van der Waals surface area contributed by atoms with Gasteiger partial charge in [0.25, 0.3) is 5.95 Å². The van der Waals surface area contributed by atoms with Gasteiger partial charge in [-0.2, -0.15) is 18.4 Å². The number of nitrogens with zero attached hydrogens (tertiary/aromatic N) is 3. The molecule has 0 aliphatic carbocycles. The highest BCUT2D eigenvalue weighted by atomic mass is 19.4. The number of rotatable bonds is 2. The summed E-state index contributed by atoms with van der Waals surface area (Å²) in [5, 5.41) is 13.3. The van der Waals surface area contributed by atoms with Crippen molar-refractivity contribution in [1.29, 1.82) is 0 Å². The summed E-state index contributed by atoms with van der Waals surface area (Å²) in [5.41, 5.74) is 0. The number of H-pyrrole nitrogens is 1. The van der Waals surface area contributed by atoms with E-state index in [0.29, 0.717) is 0 Å². The summed E-state index contributed by atoms with van der Waals surface area (Å²) in [6, 6.07) is 0. The van der Waals surface area contributed by atoms with E-state index in [0.717, 1.165) is 0 Å². The van der Waals surface area contributed by atoms with Crippen LogP contribution in [0.15, 0.2) is 0 Å². The van der Waals surface area contributed by atoms with Crippen molar-refractivity contribution in [3.05, 3.63) is 0 Å². The first-order chi connectivity index (χ1) is 5.97. The van der Waals surface area contributed by atoms with Crippen molar-refractivity contribution in [3.63, 3.8) is 0 Å². The van der Waals surface area contributed by atoms with E-state index in [1.54, 1.807) is 5.32 Å². The molecule has 0 radical (unpaired) electrons. The highest BCUT2D eigenvalue weighted by Crippen LogP contribution is 2.19. The summed E-state index contributed by atoms with van der Waals surface area (Å²) < 4.78 is 34.8. The maximum Gasteiger partial charge on any atom is 0.397 e. The third-order valence-electron chi connectivity index (χ3n) is 0.958. The molecule has 0 aromatic carbocycles. The highest BCUT2D eigenvalue weighted by molar-refractivity contribution is 5.89. The SMILES string of the molecule is O=C(CC(F)(F)F)Nc1nn[nH]n1. The van der Waals surface area contributed by atoms with E-state index in [1.807, 2.05) is 5.21 Å². The number of aromatic amines is 1.